The molecule has 4 heteroatoms. The highest BCUT2D eigenvalue weighted by Crippen LogP contribution is 2.11. The van der Waals surface area contributed by atoms with Gasteiger partial charge >= 0.3 is 0 Å². The zero-order chi connectivity index (χ0) is 10.4. The zero-order valence-electron chi connectivity index (χ0n) is 8.32. The molecule has 0 heterocycles. The van der Waals surface area contributed by atoms with Crippen LogP contribution >= 0.6 is 12.6 Å². The van der Waals surface area contributed by atoms with Crippen molar-refractivity contribution in [3.63, 3.8) is 0 Å². The summed E-state index contributed by atoms with van der Waals surface area (Å²) in [5, 5.41) is 8.08. The minimum Gasteiger partial charge on any atom is -0.344 e. The Morgan fingerprint density at radius 2 is 2.15 bits per heavy atom. The minimum atomic E-state index is -0.260. The van der Waals surface area contributed by atoms with Gasteiger partial charge in [0.15, 0.2) is 0 Å². The molecule has 0 aromatic rings. The van der Waals surface area contributed by atoms with Crippen LogP contribution in [0.1, 0.15) is 20.3 Å². The zero-order valence-corrected chi connectivity index (χ0v) is 9.21. The molecule has 0 aliphatic heterocycles. The van der Waals surface area contributed by atoms with Crippen LogP contribution in [-0.4, -0.2) is 29.6 Å². The Balaban J connectivity index is 4.03. The van der Waals surface area contributed by atoms with E-state index in [9.17, 15) is 4.79 Å². The third-order valence-electron chi connectivity index (χ3n) is 1.82. The topological polar surface area (TPSA) is 44.1 Å². The number of amides is 1. The molecule has 0 aromatic carbocycles. The number of hydrogen-bond donors (Lipinski definition) is 1. The SMILES string of the molecule is CC(C)C(S)C(=O)N(C)CCC#N. The third-order valence-corrected chi connectivity index (χ3v) is 2.64. The van der Waals surface area contributed by atoms with Gasteiger partial charge in [-0.05, 0) is 5.92 Å². The summed E-state index contributed by atoms with van der Waals surface area (Å²) in [6, 6.07) is 2.00. The Bertz CT molecular complexity index is 210. The minimum absolute atomic E-state index is 0.00594. The van der Waals surface area contributed by atoms with E-state index in [2.05, 4.69) is 12.6 Å². The molecule has 0 saturated carbocycles. The fourth-order valence-corrected chi connectivity index (χ4v) is 1.04. The van der Waals surface area contributed by atoms with E-state index in [1.165, 1.54) is 0 Å². The molecule has 0 saturated heterocycles. The molecule has 74 valence electrons. The smallest absolute Gasteiger partial charge is 0.235 e. The highest BCUT2D eigenvalue weighted by molar-refractivity contribution is 7.81. The molecular formula is C9H16N2OS. The summed E-state index contributed by atoms with van der Waals surface area (Å²) >= 11 is 4.21. The first-order valence-electron chi connectivity index (χ1n) is 4.30. The molecule has 13 heavy (non-hydrogen) atoms. The summed E-state index contributed by atoms with van der Waals surface area (Å²) in [6.07, 6.45) is 0.376. The number of rotatable bonds is 4. The summed E-state index contributed by atoms with van der Waals surface area (Å²) in [5.74, 6) is 0.217. The first kappa shape index (κ1) is 12.3. The number of nitrogens with zero attached hydrogens (tertiary/aromatic N) is 2. The van der Waals surface area contributed by atoms with E-state index in [1.54, 1.807) is 11.9 Å². The van der Waals surface area contributed by atoms with Gasteiger partial charge < -0.3 is 4.90 Å². The van der Waals surface area contributed by atoms with E-state index in [0.29, 0.717) is 13.0 Å². The van der Waals surface area contributed by atoms with E-state index >= 15 is 0 Å². The van der Waals surface area contributed by atoms with Gasteiger partial charge in [0.2, 0.25) is 5.91 Å². The molecule has 0 aliphatic carbocycles. The van der Waals surface area contributed by atoms with Crippen molar-refractivity contribution in [1.82, 2.24) is 4.90 Å². The van der Waals surface area contributed by atoms with Crippen molar-refractivity contribution in [2.75, 3.05) is 13.6 Å². The Labute approximate surface area is 85.1 Å². The van der Waals surface area contributed by atoms with Crippen LogP contribution in [0.25, 0.3) is 0 Å². The molecule has 0 rings (SSSR count). The molecule has 0 aliphatic rings. The Morgan fingerprint density at radius 3 is 2.54 bits per heavy atom. The number of nitriles is 1. The van der Waals surface area contributed by atoms with E-state index in [1.807, 2.05) is 19.9 Å². The van der Waals surface area contributed by atoms with Gasteiger partial charge in [-0.3, -0.25) is 4.79 Å². The van der Waals surface area contributed by atoms with Crippen molar-refractivity contribution < 1.29 is 4.79 Å². The van der Waals surface area contributed by atoms with Crippen molar-refractivity contribution in [2.24, 2.45) is 5.92 Å². The highest BCUT2D eigenvalue weighted by Gasteiger charge is 2.20. The van der Waals surface area contributed by atoms with Crippen LogP contribution in [-0.2, 0) is 4.79 Å². The quantitative estimate of drug-likeness (QED) is 0.695. The van der Waals surface area contributed by atoms with Gasteiger partial charge in [-0.25, -0.2) is 0 Å². The van der Waals surface area contributed by atoms with Crippen LogP contribution in [0.3, 0.4) is 0 Å². The van der Waals surface area contributed by atoms with E-state index < -0.39 is 0 Å². The molecule has 0 bridgehead atoms. The van der Waals surface area contributed by atoms with Gasteiger partial charge in [0.05, 0.1) is 17.7 Å². The van der Waals surface area contributed by atoms with Crippen molar-refractivity contribution in [2.45, 2.75) is 25.5 Å². The van der Waals surface area contributed by atoms with E-state index in [4.69, 9.17) is 5.26 Å². The lowest BCUT2D eigenvalue weighted by atomic mass is 10.1. The third kappa shape index (κ3) is 4.18. The van der Waals surface area contributed by atoms with E-state index in [-0.39, 0.29) is 17.1 Å². The van der Waals surface area contributed by atoms with E-state index in [0.717, 1.165) is 0 Å². The van der Waals surface area contributed by atoms with Crippen LogP contribution in [0.4, 0.5) is 0 Å². The van der Waals surface area contributed by atoms with Crippen molar-refractivity contribution >= 4 is 18.5 Å². The first-order valence-corrected chi connectivity index (χ1v) is 4.82. The Kier molecular flexibility index (Phi) is 5.56. The average Bonchev–Trinajstić information content (AvgIpc) is 2.11. The molecule has 0 N–H and O–H groups in total. The number of carbonyl (C=O) groups is 1. The van der Waals surface area contributed by atoms with Crippen LogP contribution in [0.5, 0.6) is 0 Å². The van der Waals surface area contributed by atoms with Gasteiger partial charge in [-0.2, -0.15) is 17.9 Å². The second kappa shape index (κ2) is 5.87. The normalized spacial score (nSPS) is 12.3. The molecule has 1 atom stereocenters. The summed E-state index contributed by atoms with van der Waals surface area (Å²) in [5.41, 5.74) is 0. The fourth-order valence-electron chi connectivity index (χ4n) is 0.839. The lowest BCUT2D eigenvalue weighted by Gasteiger charge is -2.21. The van der Waals surface area contributed by atoms with Crippen LogP contribution < -0.4 is 0 Å². The van der Waals surface area contributed by atoms with Crippen molar-refractivity contribution in [1.29, 1.82) is 5.26 Å². The van der Waals surface area contributed by atoms with Crippen molar-refractivity contribution in [3.05, 3.63) is 0 Å². The van der Waals surface area contributed by atoms with Gasteiger partial charge in [0, 0.05) is 13.6 Å². The fraction of sp³-hybridized carbons (Fsp3) is 0.778. The van der Waals surface area contributed by atoms with Gasteiger partial charge in [0.1, 0.15) is 0 Å². The second-order valence-corrected chi connectivity index (χ2v) is 3.91. The molecule has 3 nitrogen and oxygen atoms in total. The summed E-state index contributed by atoms with van der Waals surface area (Å²) < 4.78 is 0. The molecule has 1 amide bonds. The van der Waals surface area contributed by atoms with Gasteiger partial charge in [0.25, 0.3) is 0 Å². The maximum atomic E-state index is 11.5. The maximum absolute atomic E-state index is 11.5. The van der Waals surface area contributed by atoms with Crippen LogP contribution in [0.15, 0.2) is 0 Å². The lowest BCUT2D eigenvalue weighted by molar-refractivity contribution is -0.129. The molecule has 0 fully saturated rings. The predicted molar refractivity (Wildman–Crippen MR) is 55.5 cm³/mol. The van der Waals surface area contributed by atoms with Crippen LogP contribution in [0, 0.1) is 17.2 Å². The van der Waals surface area contributed by atoms with Gasteiger partial charge in [-0.15, -0.1) is 0 Å². The molecule has 1 unspecified atom stereocenters. The Morgan fingerprint density at radius 1 is 1.62 bits per heavy atom. The second-order valence-electron chi connectivity index (χ2n) is 3.36. The number of thiol groups is 1. The maximum Gasteiger partial charge on any atom is 0.235 e. The predicted octanol–water partition coefficient (Wildman–Crippen LogP) is 1.31. The number of hydrogen-bond acceptors (Lipinski definition) is 3. The molecule has 0 spiro atoms. The lowest BCUT2D eigenvalue weighted by Crippen LogP contribution is -2.36. The van der Waals surface area contributed by atoms with Gasteiger partial charge in [-0.1, -0.05) is 13.8 Å². The Hall–Kier alpha value is -0.690. The molecular weight excluding hydrogens is 184 g/mol. The average molecular weight is 200 g/mol. The largest absolute Gasteiger partial charge is 0.344 e. The summed E-state index contributed by atoms with van der Waals surface area (Å²) in [6.45, 7) is 4.39. The summed E-state index contributed by atoms with van der Waals surface area (Å²) in [4.78, 5) is 13.1. The van der Waals surface area contributed by atoms with Crippen molar-refractivity contribution in [3.8, 4) is 6.07 Å². The summed E-state index contributed by atoms with van der Waals surface area (Å²) in [7, 11) is 1.70. The highest BCUT2D eigenvalue weighted by atomic mass is 32.1. The molecule has 0 radical (unpaired) electrons. The van der Waals surface area contributed by atoms with Crippen LogP contribution in [0.2, 0.25) is 0 Å². The molecule has 0 aromatic heterocycles. The number of carbonyl (C=O) groups excluding carboxylic acids is 1. The standard InChI is InChI=1S/C9H16N2OS/c1-7(2)8(13)9(12)11(3)6-4-5-10/h7-8,13H,4,6H2,1-3H3. The monoisotopic (exact) mass is 200 g/mol. The first-order chi connectivity index (χ1) is 6.00.